The standard InChI is InChI=1S/C20H16N2O3/c23-19(15-8-7-9-16(14-15)20(24)25)22(18-12-5-2-6-13-18)21-17-10-3-1-4-11-17/h1-14,21H,(H,24,25). The lowest BCUT2D eigenvalue weighted by molar-refractivity contribution is 0.0697. The van der Waals surface area contributed by atoms with Crippen molar-refractivity contribution in [1.82, 2.24) is 0 Å². The molecule has 1 amide bonds. The molecule has 3 aromatic carbocycles. The van der Waals surface area contributed by atoms with E-state index >= 15 is 0 Å². The average Bonchev–Trinajstić information content (AvgIpc) is 2.67. The van der Waals surface area contributed by atoms with Crippen molar-refractivity contribution >= 4 is 23.3 Å². The van der Waals surface area contributed by atoms with Gasteiger partial charge in [0, 0.05) is 5.56 Å². The largest absolute Gasteiger partial charge is 0.478 e. The minimum Gasteiger partial charge on any atom is -0.478 e. The van der Waals surface area contributed by atoms with Crippen LogP contribution >= 0.6 is 0 Å². The number of hydrogen-bond acceptors (Lipinski definition) is 3. The molecule has 5 heteroatoms. The highest BCUT2D eigenvalue weighted by Crippen LogP contribution is 2.19. The summed E-state index contributed by atoms with van der Waals surface area (Å²) in [5.41, 5.74) is 4.83. The number of carbonyl (C=O) groups excluding carboxylic acids is 1. The van der Waals surface area contributed by atoms with Crippen molar-refractivity contribution in [2.24, 2.45) is 0 Å². The minimum absolute atomic E-state index is 0.0681. The van der Waals surface area contributed by atoms with E-state index in [1.54, 1.807) is 24.3 Å². The number of anilines is 2. The van der Waals surface area contributed by atoms with E-state index in [0.717, 1.165) is 5.69 Å². The zero-order valence-corrected chi connectivity index (χ0v) is 13.3. The summed E-state index contributed by atoms with van der Waals surface area (Å²) in [4.78, 5) is 24.2. The Morgan fingerprint density at radius 3 is 2.00 bits per heavy atom. The first-order valence-corrected chi connectivity index (χ1v) is 7.70. The van der Waals surface area contributed by atoms with Crippen molar-refractivity contribution < 1.29 is 14.7 Å². The second-order valence-corrected chi connectivity index (χ2v) is 5.34. The highest BCUT2D eigenvalue weighted by Gasteiger charge is 2.19. The number of amides is 1. The number of carboxylic acid groups (broad SMARTS) is 1. The van der Waals surface area contributed by atoms with E-state index in [2.05, 4.69) is 5.43 Å². The summed E-state index contributed by atoms with van der Waals surface area (Å²) in [6, 6.07) is 24.4. The molecule has 0 radical (unpaired) electrons. The third-order valence-electron chi connectivity index (χ3n) is 3.59. The number of benzene rings is 3. The fourth-order valence-corrected chi connectivity index (χ4v) is 2.37. The van der Waals surface area contributed by atoms with E-state index in [-0.39, 0.29) is 17.0 Å². The van der Waals surface area contributed by atoms with Gasteiger partial charge in [0.05, 0.1) is 16.9 Å². The van der Waals surface area contributed by atoms with Gasteiger partial charge >= 0.3 is 5.97 Å². The maximum Gasteiger partial charge on any atom is 0.335 e. The molecular weight excluding hydrogens is 316 g/mol. The molecule has 124 valence electrons. The van der Waals surface area contributed by atoms with Gasteiger partial charge in [-0.25, -0.2) is 9.80 Å². The predicted octanol–water partition coefficient (Wildman–Crippen LogP) is 4.06. The van der Waals surface area contributed by atoms with Crippen molar-refractivity contribution in [3.63, 3.8) is 0 Å². The molecule has 0 saturated carbocycles. The SMILES string of the molecule is O=C(O)c1cccc(C(=O)N(Nc2ccccc2)c2ccccc2)c1. The molecule has 3 aromatic rings. The van der Waals surface area contributed by atoms with E-state index in [9.17, 15) is 9.59 Å². The Labute approximate surface area is 145 Å². The molecule has 0 bridgehead atoms. The Hall–Kier alpha value is -3.60. The van der Waals surface area contributed by atoms with Crippen molar-refractivity contribution in [2.75, 3.05) is 10.4 Å². The van der Waals surface area contributed by atoms with Crippen LogP contribution in [0.2, 0.25) is 0 Å². The summed E-state index contributed by atoms with van der Waals surface area (Å²) in [5.74, 6) is -1.42. The van der Waals surface area contributed by atoms with Gasteiger partial charge in [-0.3, -0.25) is 10.2 Å². The summed E-state index contributed by atoms with van der Waals surface area (Å²) in [6.45, 7) is 0. The number of carboxylic acids is 1. The molecule has 25 heavy (non-hydrogen) atoms. The molecule has 0 fully saturated rings. The number of nitrogens with zero attached hydrogens (tertiary/aromatic N) is 1. The van der Waals surface area contributed by atoms with Gasteiger partial charge in [0.2, 0.25) is 0 Å². The molecule has 0 aromatic heterocycles. The van der Waals surface area contributed by atoms with Crippen LogP contribution in [0.4, 0.5) is 11.4 Å². The van der Waals surface area contributed by atoms with Crippen LogP contribution in [0, 0.1) is 0 Å². The van der Waals surface area contributed by atoms with E-state index in [1.165, 1.54) is 17.1 Å². The Morgan fingerprint density at radius 1 is 0.760 bits per heavy atom. The quantitative estimate of drug-likeness (QED) is 0.691. The third-order valence-corrected chi connectivity index (χ3v) is 3.59. The molecule has 5 nitrogen and oxygen atoms in total. The third kappa shape index (κ3) is 3.84. The maximum atomic E-state index is 13.0. The zero-order valence-electron chi connectivity index (χ0n) is 13.3. The Balaban J connectivity index is 1.97. The number of nitrogens with one attached hydrogen (secondary N) is 1. The van der Waals surface area contributed by atoms with Crippen LogP contribution in [-0.4, -0.2) is 17.0 Å². The van der Waals surface area contributed by atoms with Gasteiger partial charge in [-0.05, 0) is 42.5 Å². The molecule has 2 N–H and O–H groups in total. The van der Waals surface area contributed by atoms with Gasteiger partial charge in [0.1, 0.15) is 0 Å². The lowest BCUT2D eigenvalue weighted by Gasteiger charge is -2.24. The van der Waals surface area contributed by atoms with Crippen molar-refractivity contribution in [3.8, 4) is 0 Å². The van der Waals surface area contributed by atoms with Gasteiger partial charge in [-0.2, -0.15) is 0 Å². The molecule has 0 heterocycles. The van der Waals surface area contributed by atoms with Crippen molar-refractivity contribution in [1.29, 1.82) is 0 Å². The lowest BCUT2D eigenvalue weighted by atomic mass is 10.1. The fourth-order valence-electron chi connectivity index (χ4n) is 2.37. The van der Waals surface area contributed by atoms with Gasteiger partial charge in [0.25, 0.3) is 5.91 Å². The molecule has 0 spiro atoms. The molecule has 0 saturated heterocycles. The summed E-state index contributed by atoms with van der Waals surface area (Å²) in [6.07, 6.45) is 0. The first kappa shape index (κ1) is 16.3. The van der Waals surface area contributed by atoms with Gasteiger partial charge in [0.15, 0.2) is 0 Å². The van der Waals surface area contributed by atoms with Crippen LogP contribution in [0.25, 0.3) is 0 Å². The van der Waals surface area contributed by atoms with Gasteiger partial charge < -0.3 is 5.11 Å². The Kier molecular flexibility index (Phi) is 4.76. The minimum atomic E-state index is -1.07. The van der Waals surface area contributed by atoms with Gasteiger partial charge in [-0.15, -0.1) is 0 Å². The van der Waals surface area contributed by atoms with E-state index in [0.29, 0.717) is 5.69 Å². The highest BCUT2D eigenvalue weighted by atomic mass is 16.4. The molecule has 3 rings (SSSR count). The van der Waals surface area contributed by atoms with Crippen LogP contribution < -0.4 is 10.4 Å². The maximum absolute atomic E-state index is 13.0. The van der Waals surface area contributed by atoms with E-state index < -0.39 is 5.97 Å². The fraction of sp³-hybridized carbons (Fsp3) is 0. The van der Waals surface area contributed by atoms with Crippen LogP contribution in [0.15, 0.2) is 84.9 Å². The second kappa shape index (κ2) is 7.31. The van der Waals surface area contributed by atoms with E-state index in [4.69, 9.17) is 5.11 Å². The lowest BCUT2D eigenvalue weighted by Crippen LogP contribution is -2.36. The molecule has 0 unspecified atom stereocenters. The van der Waals surface area contributed by atoms with Crippen LogP contribution in [-0.2, 0) is 0 Å². The second-order valence-electron chi connectivity index (χ2n) is 5.34. The number of rotatable bonds is 5. The smallest absolute Gasteiger partial charge is 0.335 e. The molecule has 0 atom stereocenters. The highest BCUT2D eigenvalue weighted by molar-refractivity contribution is 6.08. The number of aromatic carboxylic acids is 1. The first-order chi connectivity index (χ1) is 12.1. The van der Waals surface area contributed by atoms with Crippen LogP contribution in [0.5, 0.6) is 0 Å². The van der Waals surface area contributed by atoms with Gasteiger partial charge in [-0.1, -0.05) is 42.5 Å². The van der Waals surface area contributed by atoms with Crippen LogP contribution in [0.3, 0.4) is 0 Å². The Morgan fingerprint density at radius 2 is 1.36 bits per heavy atom. The van der Waals surface area contributed by atoms with E-state index in [1.807, 2.05) is 48.5 Å². The zero-order chi connectivity index (χ0) is 17.6. The molecular formula is C20H16N2O3. The number of para-hydroxylation sites is 2. The summed E-state index contributed by atoms with van der Waals surface area (Å²) >= 11 is 0. The van der Waals surface area contributed by atoms with Crippen LogP contribution in [0.1, 0.15) is 20.7 Å². The number of hydrogen-bond donors (Lipinski definition) is 2. The summed E-state index contributed by atoms with van der Waals surface area (Å²) in [7, 11) is 0. The number of hydrazine groups is 1. The molecule has 0 aliphatic rings. The molecule has 0 aliphatic carbocycles. The number of carbonyl (C=O) groups is 2. The molecule has 0 aliphatic heterocycles. The summed E-state index contributed by atoms with van der Waals surface area (Å²) < 4.78 is 0. The van der Waals surface area contributed by atoms with Crippen molar-refractivity contribution in [3.05, 3.63) is 96.1 Å². The monoisotopic (exact) mass is 332 g/mol. The summed E-state index contributed by atoms with van der Waals surface area (Å²) in [5, 5.41) is 10.5. The Bertz CT molecular complexity index is 880. The van der Waals surface area contributed by atoms with Crippen molar-refractivity contribution in [2.45, 2.75) is 0 Å². The average molecular weight is 332 g/mol. The normalized spacial score (nSPS) is 10.1. The topological polar surface area (TPSA) is 69.6 Å². The predicted molar refractivity (Wildman–Crippen MR) is 96.7 cm³/mol. The first-order valence-electron chi connectivity index (χ1n) is 7.70.